The molecule has 3 aliphatic heterocycles. The molecule has 2 atom stereocenters. The summed E-state index contributed by atoms with van der Waals surface area (Å²) in [5.41, 5.74) is 0.418. The minimum atomic E-state index is -0.485. The van der Waals surface area contributed by atoms with Crippen LogP contribution in [0.4, 0.5) is 4.79 Å². The van der Waals surface area contributed by atoms with Gasteiger partial charge in [0, 0.05) is 43.6 Å². The number of nitrogens with zero attached hydrogens (tertiary/aromatic N) is 2. The Labute approximate surface area is 193 Å². The number of fused-ring (bicyclic) bond motifs is 1. The zero-order valence-corrected chi connectivity index (χ0v) is 20.5. The van der Waals surface area contributed by atoms with Gasteiger partial charge in [0.2, 0.25) is 0 Å². The number of hydrogen-bond donors (Lipinski definition) is 1. The molecule has 0 saturated carbocycles. The molecular formula is C26H41N3O3. The monoisotopic (exact) mass is 443 g/mol. The van der Waals surface area contributed by atoms with Gasteiger partial charge in [-0.25, -0.2) is 4.79 Å². The Kier molecular flexibility index (Phi) is 6.73. The Morgan fingerprint density at radius 1 is 1.22 bits per heavy atom. The molecule has 0 aliphatic carbocycles. The van der Waals surface area contributed by atoms with Crippen LogP contribution in [0.3, 0.4) is 0 Å². The van der Waals surface area contributed by atoms with E-state index in [-0.39, 0.29) is 17.7 Å². The third-order valence-corrected chi connectivity index (χ3v) is 6.81. The predicted molar refractivity (Wildman–Crippen MR) is 127 cm³/mol. The van der Waals surface area contributed by atoms with Crippen LogP contribution in [0.15, 0.2) is 24.3 Å². The highest BCUT2D eigenvalue weighted by Crippen LogP contribution is 2.44. The van der Waals surface area contributed by atoms with Crippen molar-refractivity contribution in [3.05, 3.63) is 29.8 Å². The lowest BCUT2D eigenvalue weighted by Gasteiger charge is -2.42. The second kappa shape index (κ2) is 9.22. The first-order chi connectivity index (χ1) is 15.1. The Bertz CT molecular complexity index is 798. The second-order valence-corrected chi connectivity index (χ2v) is 11.4. The molecule has 0 unspecified atom stereocenters. The van der Waals surface area contributed by atoms with Gasteiger partial charge in [-0.3, -0.25) is 0 Å². The number of benzene rings is 1. The van der Waals surface area contributed by atoms with Crippen molar-refractivity contribution in [2.75, 3.05) is 32.7 Å². The summed E-state index contributed by atoms with van der Waals surface area (Å²) in [4.78, 5) is 17.1. The number of rotatable bonds is 4. The molecule has 1 N–H and O–H groups in total. The number of ether oxygens (including phenoxy) is 2. The summed E-state index contributed by atoms with van der Waals surface area (Å²) in [7, 11) is 0. The molecule has 0 aromatic heterocycles. The molecule has 32 heavy (non-hydrogen) atoms. The van der Waals surface area contributed by atoms with Crippen molar-refractivity contribution in [1.29, 1.82) is 0 Å². The number of piperidine rings is 1. The first-order valence-electron chi connectivity index (χ1n) is 12.4. The van der Waals surface area contributed by atoms with Crippen LogP contribution in [-0.4, -0.2) is 65.9 Å². The van der Waals surface area contributed by atoms with E-state index in [9.17, 15) is 4.79 Å². The van der Waals surface area contributed by atoms with Crippen LogP contribution in [-0.2, 0) is 4.74 Å². The third kappa shape index (κ3) is 5.57. The van der Waals surface area contributed by atoms with Gasteiger partial charge >= 0.3 is 6.09 Å². The molecule has 0 radical (unpaired) electrons. The first kappa shape index (κ1) is 23.4. The van der Waals surface area contributed by atoms with E-state index in [1.807, 2.05) is 31.7 Å². The summed E-state index contributed by atoms with van der Waals surface area (Å²) in [6, 6.07) is 9.18. The summed E-state index contributed by atoms with van der Waals surface area (Å²) >= 11 is 0. The molecule has 4 rings (SSSR count). The molecule has 3 heterocycles. The first-order valence-corrected chi connectivity index (χ1v) is 12.4. The van der Waals surface area contributed by atoms with Gasteiger partial charge in [-0.15, -0.1) is 0 Å². The highest BCUT2D eigenvalue weighted by molar-refractivity contribution is 5.68. The van der Waals surface area contributed by atoms with Gasteiger partial charge in [-0.2, -0.15) is 0 Å². The Morgan fingerprint density at radius 2 is 1.94 bits per heavy atom. The van der Waals surface area contributed by atoms with Gasteiger partial charge < -0.3 is 24.6 Å². The largest absolute Gasteiger partial charge is 0.485 e. The highest BCUT2D eigenvalue weighted by atomic mass is 16.6. The lowest BCUT2D eigenvalue weighted by Crippen LogP contribution is -2.50. The maximum atomic E-state index is 12.7. The van der Waals surface area contributed by atoms with Crippen molar-refractivity contribution in [3.8, 4) is 5.75 Å². The van der Waals surface area contributed by atoms with Crippen molar-refractivity contribution >= 4 is 6.09 Å². The van der Waals surface area contributed by atoms with Gasteiger partial charge in [0.1, 0.15) is 17.0 Å². The molecule has 1 aromatic rings. The van der Waals surface area contributed by atoms with Gasteiger partial charge in [-0.1, -0.05) is 32.0 Å². The van der Waals surface area contributed by atoms with Crippen LogP contribution in [0.2, 0.25) is 0 Å². The Hall–Kier alpha value is -1.79. The molecule has 178 valence electrons. The maximum absolute atomic E-state index is 12.7. The van der Waals surface area contributed by atoms with Crippen LogP contribution in [0.1, 0.15) is 71.9 Å². The summed E-state index contributed by atoms with van der Waals surface area (Å²) in [6.45, 7) is 15.1. The highest BCUT2D eigenvalue weighted by Gasteiger charge is 2.48. The maximum Gasteiger partial charge on any atom is 0.410 e. The quantitative estimate of drug-likeness (QED) is 0.737. The fraction of sp³-hybridized carbons (Fsp3) is 0.731. The van der Waals surface area contributed by atoms with Crippen molar-refractivity contribution in [3.63, 3.8) is 0 Å². The van der Waals surface area contributed by atoms with Crippen LogP contribution < -0.4 is 10.1 Å². The molecule has 1 spiro atoms. The lowest BCUT2D eigenvalue weighted by atomic mass is 9.85. The molecule has 6 nitrogen and oxygen atoms in total. The number of hydrogen-bond acceptors (Lipinski definition) is 5. The zero-order chi connectivity index (χ0) is 22.9. The van der Waals surface area contributed by atoms with Crippen molar-refractivity contribution < 1.29 is 14.3 Å². The van der Waals surface area contributed by atoms with Crippen molar-refractivity contribution in [1.82, 2.24) is 15.1 Å². The average Bonchev–Trinajstić information content (AvgIpc) is 3.11. The minimum absolute atomic E-state index is 0.237. The summed E-state index contributed by atoms with van der Waals surface area (Å²) in [5, 5.41) is 3.98. The average molecular weight is 444 g/mol. The van der Waals surface area contributed by atoms with Crippen molar-refractivity contribution in [2.45, 2.75) is 83.6 Å². The van der Waals surface area contributed by atoms with Crippen LogP contribution >= 0.6 is 0 Å². The van der Waals surface area contributed by atoms with E-state index in [0.717, 1.165) is 37.6 Å². The van der Waals surface area contributed by atoms with E-state index >= 15 is 0 Å². The van der Waals surface area contributed by atoms with Gasteiger partial charge in [0.25, 0.3) is 0 Å². The topological polar surface area (TPSA) is 54.0 Å². The molecule has 2 fully saturated rings. The molecule has 3 aliphatic rings. The number of nitrogens with one attached hydrogen (secondary N) is 1. The molecule has 2 saturated heterocycles. The van der Waals surface area contributed by atoms with Crippen LogP contribution in [0, 0.1) is 5.92 Å². The standard InChI is InChI=1S/C26H41N3O3/c1-19(2)17-28-13-10-20(11-14-28)27-22-16-26(31-23-9-7-6-8-21(22)23)12-15-29(18-26)24(30)32-25(3,4)5/h6-9,19-20,22,27H,10-18H2,1-5H3/t22-,26+/m1/s1. The zero-order valence-electron chi connectivity index (χ0n) is 20.5. The minimum Gasteiger partial charge on any atom is -0.485 e. The van der Waals surface area contributed by atoms with E-state index in [1.54, 1.807) is 0 Å². The molecule has 1 aromatic carbocycles. The SMILES string of the molecule is CC(C)CN1CCC(N[C@@H]2C[C@]3(CCN(C(=O)OC(C)(C)C)C3)Oc3ccccc32)CC1. The fourth-order valence-electron chi connectivity index (χ4n) is 5.43. The Balaban J connectivity index is 1.43. The number of likely N-dealkylation sites (tertiary alicyclic amines) is 2. The third-order valence-electron chi connectivity index (χ3n) is 6.81. The van der Waals surface area contributed by atoms with Gasteiger partial charge in [0.05, 0.1) is 6.54 Å². The molecule has 0 bridgehead atoms. The van der Waals surface area contributed by atoms with Crippen LogP contribution in [0.5, 0.6) is 5.75 Å². The van der Waals surface area contributed by atoms with Crippen LogP contribution in [0.25, 0.3) is 0 Å². The van der Waals surface area contributed by atoms with Gasteiger partial charge in [-0.05, 0) is 58.7 Å². The number of carbonyl (C=O) groups excluding carboxylic acids is 1. The van der Waals surface area contributed by atoms with E-state index in [0.29, 0.717) is 19.1 Å². The van der Waals surface area contributed by atoms with E-state index in [4.69, 9.17) is 9.47 Å². The molecular weight excluding hydrogens is 402 g/mol. The number of para-hydroxylation sites is 1. The second-order valence-electron chi connectivity index (χ2n) is 11.4. The van der Waals surface area contributed by atoms with E-state index in [1.165, 1.54) is 24.9 Å². The summed E-state index contributed by atoms with van der Waals surface area (Å²) in [6.07, 6.45) is 3.85. The molecule has 1 amide bonds. The van der Waals surface area contributed by atoms with E-state index < -0.39 is 5.60 Å². The fourth-order valence-corrected chi connectivity index (χ4v) is 5.43. The van der Waals surface area contributed by atoms with Gasteiger partial charge in [0.15, 0.2) is 0 Å². The normalized spacial score (nSPS) is 26.9. The summed E-state index contributed by atoms with van der Waals surface area (Å²) in [5.74, 6) is 1.68. The lowest BCUT2D eigenvalue weighted by molar-refractivity contribution is 0.0115. The Morgan fingerprint density at radius 3 is 2.62 bits per heavy atom. The van der Waals surface area contributed by atoms with Crippen molar-refractivity contribution in [2.24, 2.45) is 5.92 Å². The van der Waals surface area contributed by atoms with E-state index in [2.05, 4.69) is 42.3 Å². The smallest absolute Gasteiger partial charge is 0.410 e. The molecule has 6 heteroatoms. The predicted octanol–water partition coefficient (Wildman–Crippen LogP) is 4.60. The summed E-state index contributed by atoms with van der Waals surface area (Å²) < 4.78 is 12.2. The number of amides is 1. The number of carbonyl (C=O) groups is 1.